The second-order valence-electron chi connectivity index (χ2n) is 7.65. The number of ether oxygens (including phenoxy) is 2. The van der Waals surface area contributed by atoms with Crippen molar-refractivity contribution in [2.45, 2.75) is 31.4 Å². The zero-order valence-corrected chi connectivity index (χ0v) is 20.6. The average molecular weight is 492 g/mol. The van der Waals surface area contributed by atoms with Crippen LogP contribution in [0.4, 0.5) is 10.8 Å². The molecular formula is C22H27N4O5S2+. The number of aromatic nitrogens is 2. The van der Waals surface area contributed by atoms with E-state index in [0.717, 1.165) is 16.6 Å². The van der Waals surface area contributed by atoms with Gasteiger partial charge in [0.25, 0.3) is 0 Å². The summed E-state index contributed by atoms with van der Waals surface area (Å²) in [5.74, 6) is 0.538. The summed E-state index contributed by atoms with van der Waals surface area (Å²) in [7, 11) is -1.82. The molecule has 176 valence electrons. The number of methoxy groups -OCH3 is 1. The largest absolute Gasteiger partial charge is 0.489 e. The van der Waals surface area contributed by atoms with Crippen LogP contribution in [0.15, 0.2) is 46.8 Å². The first-order valence-corrected chi connectivity index (χ1v) is 13.0. The van der Waals surface area contributed by atoms with Gasteiger partial charge in [0, 0.05) is 40.2 Å². The van der Waals surface area contributed by atoms with E-state index in [-0.39, 0.29) is 24.1 Å². The molecule has 0 fully saturated rings. The van der Waals surface area contributed by atoms with Crippen LogP contribution in [0.1, 0.15) is 19.5 Å². The van der Waals surface area contributed by atoms with Gasteiger partial charge in [-0.25, -0.2) is 13.4 Å². The molecule has 0 radical (unpaired) electrons. The van der Waals surface area contributed by atoms with E-state index in [9.17, 15) is 13.3 Å². The number of thiazole rings is 1. The second kappa shape index (κ2) is 10.8. The summed E-state index contributed by atoms with van der Waals surface area (Å²) in [4.78, 5) is 21.0. The maximum Gasteiger partial charge on any atom is 0.233 e. The van der Waals surface area contributed by atoms with Crippen LogP contribution in [-0.2, 0) is 21.1 Å². The lowest BCUT2D eigenvalue weighted by atomic mass is 10.2. The lowest BCUT2D eigenvalue weighted by molar-refractivity contribution is -0.567. The third-order valence-electron chi connectivity index (χ3n) is 4.49. The summed E-state index contributed by atoms with van der Waals surface area (Å²) < 4.78 is 35.6. The van der Waals surface area contributed by atoms with Crippen molar-refractivity contribution in [1.29, 1.82) is 0 Å². The number of hydrogen-bond acceptors (Lipinski definition) is 9. The lowest BCUT2D eigenvalue weighted by Gasteiger charge is -2.15. The Labute approximate surface area is 197 Å². The molecule has 33 heavy (non-hydrogen) atoms. The Hall–Kier alpha value is -2.89. The van der Waals surface area contributed by atoms with Gasteiger partial charge in [-0.15, -0.1) is 11.3 Å². The molecule has 1 N–H and O–H groups in total. The van der Waals surface area contributed by atoms with Gasteiger partial charge < -0.3 is 14.8 Å². The van der Waals surface area contributed by atoms with Crippen molar-refractivity contribution in [1.82, 2.24) is 9.97 Å². The number of nitrogens with zero attached hydrogens (tertiary/aromatic N) is 3. The van der Waals surface area contributed by atoms with Crippen molar-refractivity contribution in [3.63, 3.8) is 0 Å². The molecule has 0 bridgehead atoms. The van der Waals surface area contributed by atoms with Crippen molar-refractivity contribution in [3.8, 4) is 17.0 Å². The first kappa shape index (κ1) is 24.7. The predicted molar refractivity (Wildman–Crippen MR) is 128 cm³/mol. The third-order valence-corrected chi connectivity index (χ3v) is 6.36. The molecule has 0 spiro atoms. The van der Waals surface area contributed by atoms with Gasteiger partial charge in [0.05, 0.1) is 22.4 Å². The monoisotopic (exact) mass is 491 g/mol. The van der Waals surface area contributed by atoms with E-state index >= 15 is 0 Å². The Kier molecular flexibility index (Phi) is 8.11. The summed E-state index contributed by atoms with van der Waals surface area (Å²) >= 11 is 1.38. The maximum atomic E-state index is 12.0. The summed E-state index contributed by atoms with van der Waals surface area (Å²) in [6.45, 7) is 4.63. The molecule has 0 atom stereocenters. The zero-order valence-electron chi connectivity index (χ0n) is 18.9. The van der Waals surface area contributed by atoms with Crippen LogP contribution in [0.3, 0.4) is 0 Å². The summed E-state index contributed by atoms with van der Waals surface area (Å²) in [5.41, 5.74) is 2.70. The Balaban J connectivity index is 1.77. The van der Waals surface area contributed by atoms with Gasteiger partial charge in [-0.2, -0.15) is 0 Å². The van der Waals surface area contributed by atoms with E-state index in [1.165, 1.54) is 17.4 Å². The fourth-order valence-corrected chi connectivity index (χ4v) is 4.27. The highest BCUT2D eigenvalue weighted by molar-refractivity contribution is 7.90. The highest BCUT2D eigenvalue weighted by Crippen LogP contribution is 2.33. The highest BCUT2D eigenvalue weighted by Gasteiger charge is 2.15. The Morgan fingerprint density at radius 3 is 2.64 bits per heavy atom. The van der Waals surface area contributed by atoms with Gasteiger partial charge >= 0.3 is 0 Å². The molecule has 2 heterocycles. The summed E-state index contributed by atoms with van der Waals surface area (Å²) in [6.07, 6.45) is 2.76. The molecule has 0 saturated carbocycles. The van der Waals surface area contributed by atoms with E-state index < -0.39 is 9.84 Å². The van der Waals surface area contributed by atoms with Gasteiger partial charge in [0.15, 0.2) is 15.0 Å². The Bertz CT molecular complexity index is 1210. The fraction of sp³-hybridized carbons (Fsp3) is 0.364. The van der Waals surface area contributed by atoms with Crippen molar-refractivity contribution >= 4 is 32.0 Å². The minimum atomic E-state index is -3.37. The van der Waals surface area contributed by atoms with Crippen LogP contribution >= 0.6 is 11.3 Å². The number of nitrogens with one attached hydrogen (secondary N) is 1. The average Bonchev–Trinajstić information content (AvgIpc) is 3.21. The summed E-state index contributed by atoms with van der Waals surface area (Å²) in [5, 5.41) is 5.63. The molecular weight excluding hydrogens is 464 g/mol. The number of sulfone groups is 1. The van der Waals surface area contributed by atoms with Crippen LogP contribution in [0, 0.1) is 4.91 Å². The molecule has 9 nitrogen and oxygen atoms in total. The predicted octanol–water partition coefficient (Wildman–Crippen LogP) is 4.06. The first-order chi connectivity index (χ1) is 15.7. The number of rotatable bonds is 11. The number of hydrogen-bond donors (Lipinski definition) is 1. The molecule has 0 saturated heterocycles. The molecule has 0 amide bonds. The van der Waals surface area contributed by atoms with Crippen molar-refractivity contribution in [2.24, 2.45) is 0 Å². The quantitative estimate of drug-likeness (QED) is 0.400. The van der Waals surface area contributed by atoms with Gasteiger partial charge in [-0.3, -0.25) is 4.98 Å². The molecule has 1 aromatic carbocycles. The molecule has 0 unspecified atom stereocenters. The molecule has 0 aliphatic heterocycles. The number of nitroso groups, excluding NO2 is 1. The van der Waals surface area contributed by atoms with Crippen molar-refractivity contribution < 1.29 is 22.7 Å². The number of anilines is 2. The smallest absolute Gasteiger partial charge is 0.233 e. The maximum absolute atomic E-state index is 12.0. The van der Waals surface area contributed by atoms with E-state index in [0.29, 0.717) is 34.6 Å². The van der Waals surface area contributed by atoms with Crippen LogP contribution in [0.2, 0.25) is 0 Å². The lowest BCUT2D eigenvalue weighted by Crippen LogP contribution is -2.14. The van der Waals surface area contributed by atoms with E-state index in [1.54, 1.807) is 31.5 Å². The van der Waals surface area contributed by atoms with Crippen LogP contribution in [0.5, 0.6) is 5.75 Å². The Morgan fingerprint density at radius 2 is 2.00 bits per heavy atom. The first-order valence-electron chi connectivity index (χ1n) is 10.3. The van der Waals surface area contributed by atoms with Gasteiger partial charge in [0.1, 0.15) is 18.1 Å². The molecule has 0 aliphatic carbocycles. The van der Waals surface area contributed by atoms with Crippen LogP contribution in [-0.4, -0.2) is 55.8 Å². The van der Waals surface area contributed by atoms with E-state index in [4.69, 9.17) is 9.47 Å². The topological polar surface area (TPSA) is 110 Å². The van der Waals surface area contributed by atoms with Gasteiger partial charge in [-0.1, -0.05) is 0 Å². The second-order valence-corrected chi connectivity index (χ2v) is 10.5. The van der Waals surface area contributed by atoms with Crippen molar-refractivity contribution in [3.05, 3.63) is 52.5 Å². The van der Waals surface area contributed by atoms with Crippen LogP contribution < -0.4 is 10.1 Å². The highest BCUT2D eigenvalue weighted by atomic mass is 32.2. The molecule has 2 aromatic heterocycles. The zero-order chi connectivity index (χ0) is 24.0. The van der Waals surface area contributed by atoms with Crippen molar-refractivity contribution in [2.75, 3.05) is 31.8 Å². The van der Waals surface area contributed by atoms with Gasteiger partial charge in [0.2, 0.25) is 13.1 Å². The summed E-state index contributed by atoms with van der Waals surface area (Å²) in [6, 6.07) is 8.37. The van der Waals surface area contributed by atoms with E-state index in [1.807, 2.05) is 25.3 Å². The normalized spacial score (nSPS) is 11.5. The third kappa shape index (κ3) is 7.04. The Morgan fingerprint density at radius 1 is 1.21 bits per heavy atom. The molecule has 3 aromatic rings. The standard InChI is InChI=1S/C22H27N4O5S2/c1-15(2)31-21-8-7-18(33(4,28)29)11-19(21)24-22-25-20(14-32-22)16-5-6-17(23-12-16)13-26(27)9-10-30-3/h5-8,11-12,14-15H,9-10,13H2,1-4H3,(H,24,25)/q+1. The minimum absolute atomic E-state index is 0.0781. The minimum Gasteiger partial charge on any atom is -0.489 e. The molecule has 0 aliphatic rings. The number of pyridine rings is 1. The fourth-order valence-electron chi connectivity index (χ4n) is 2.90. The number of benzene rings is 1. The molecule has 3 rings (SSSR count). The van der Waals surface area contributed by atoms with Gasteiger partial charge in [-0.05, 0) is 44.2 Å². The SMILES string of the molecule is COCC[N+](=O)Cc1ccc(-c2csc(Nc3cc(S(C)(=O)=O)ccc3OC(C)C)n2)cn1. The molecule has 11 heteroatoms. The van der Waals surface area contributed by atoms with Crippen LogP contribution in [0.25, 0.3) is 11.3 Å². The van der Waals surface area contributed by atoms with E-state index in [2.05, 4.69) is 15.3 Å².